The Morgan fingerprint density at radius 2 is 0.689 bits per heavy atom. The van der Waals surface area contributed by atoms with Crippen LogP contribution in [-0.4, -0.2) is 26.3 Å². The molecule has 7 aromatic carbocycles. The van der Waals surface area contributed by atoms with Gasteiger partial charge < -0.3 is 27.9 Å². The Kier molecular flexibility index (Phi) is 11.2. The molecule has 8 heteroatoms. The van der Waals surface area contributed by atoms with Crippen molar-refractivity contribution in [2.75, 3.05) is 0 Å². The third-order valence-corrected chi connectivity index (χ3v) is 12.3. The van der Waals surface area contributed by atoms with Gasteiger partial charge in [-0.1, -0.05) is 212 Å². The van der Waals surface area contributed by atoms with Gasteiger partial charge in [0.1, 0.15) is 22.4 Å². The highest BCUT2D eigenvalue weighted by Crippen LogP contribution is 2.59. The summed E-state index contributed by atoms with van der Waals surface area (Å²) in [5.41, 5.74) is 1.54. The number of rotatable bonds is 13. The quantitative estimate of drug-likeness (QED) is 0.108. The smallest absolute Gasteiger partial charge is 0.383 e. The van der Waals surface area contributed by atoms with Gasteiger partial charge in [-0.2, -0.15) is 0 Å². The largest absolute Gasteiger partial charge is 0.641 e. The number of hydrogen-bond acceptors (Lipinski definition) is 6. The molecule has 0 bridgehead atoms. The summed E-state index contributed by atoms with van der Waals surface area (Å²) in [6, 6.07) is 72.1. The molecule has 0 N–H and O–H groups in total. The van der Waals surface area contributed by atoms with Gasteiger partial charge in [0.2, 0.25) is 0 Å². The Bertz CT molecular complexity index is 2270. The summed E-state index contributed by atoms with van der Waals surface area (Å²) in [7, 11) is -2.10. The van der Waals surface area contributed by atoms with Crippen molar-refractivity contribution < 1.29 is 27.9 Å². The molecule has 0 aliphatic carbocycles. The van der Waals surface area contributed by atoms with E-state index in [-0.39, 0.29) is 0 Å². The van der Waals surface area contributed by atoms with E-state index in [9.17, 15) is 0 Å². The topological polar surface area (TPSA) is 55.4 Å². The first-order valence-corrected chi connectivity index (χ1v) is 21.1. The molecule has 61 heavy (non-hydrogen) atoms. The fourth-order valence-electron chi connectivity index (χ4n) is 9.71. The molecule has 0 spiro atoms. The Labute approximate surface area is 360 Å². The van der Waals surface area contributed by atoms with Crippen molar-refractivity contribution in [2.45, 2.75) is 68.2 Å². The third kappa shape index (κ3) is 7.17. The highest BCUT2D eigenvalue weighted by Gasteiger charge is 2.68. The van der Waals surface area contributed by atoms with Crippen LogP contribution in [0.15, 0.2) is 212 Å². The summed E-state index contributed by atoms with van der Waals surface area (Å²) in [5, 5.41) is 0. The minimum atomic E-state index is -1.15. The zero-order valence-corrected chi connectivity index (χ0v) is 35.1. The fraction of sp³-hybridized carbons (Fsp3) is 0.208. The lowest BCUT2D eigenvalue weighted by Crippen LogP contribution is -2.48. The molecule has 2 atom stereocenters. The van der Waals surface area contributed by atoms with Crippen molar-refractivity contribution >= 4 is 14.6 Å². The fourth-order valence-corrected chi connectivity index (χ4v) is 9.71. The van der Waals surface area contributed by atoms with Crippen LogP contribution in [0.4, 0.5) is 0 Å². The van der Waals surface area contributed by atoms with Crippen LogP contribution in [0.2, 0.25) is 0 Å². The van der Waals surface area contributed by atoms with E-state index < -0.39 is 48.8 Å². The van der Waals surface area contributed by atoms with Gasteiger partial charge >= 0.3 is 14.6 Å². The van der Waals surface area contributed by atoms with Crippen LogP contribution in [0.25, 0.3) is 0 Å². The van der Waals surface area contributed by atoms with Gasteiger partial charge in [0.05, 0.1) is 5.60 Å². The van der Waals surface area contributed by atoms with Crippen LogP contribution < -0.4 is 0 Å². The van der Waals surface area contributed by atoms with Gasteiger partial charge in [-0.3, -0.25) is 0 Å². The Morgan fingerprint density at radius 1 is 0.410 bits per heavy atom. The lowest BCUT2D eigenvalue weighted by molar-refractivity contribution is -0.0154. The summed E-state index contributed by atoms with van der Waals surface area (Å²) in [4.78, 5) is 0. The average molecular weight is 805 g/mol. The molecule has 6 nitrogen and oxygen atoms in total. The van der Waals surface area contributed by atoms with E-state index in [2.05, 4.69) is 91.9 Å². The summed E-state index contributed by atoms with van der Waals surface area (Å²) in [5.74, 6) is 0. The van der Waals surface area contributed by atoms with Gasteiger partial charge in [-0.25, -0.2) is 0 Å². The Morgan fingerprint density at radius 3 is 1.02 bits per heavy atom. The van der Waals surface area contributed by atoms with Crippen LogP contribution in [-0.2, 0) is 50.3 Å². The zero-order valence-electron chi connectivity index (χ0n) is 35.1. The minimum Gasteiger partial charge on any atom is -0.383 e. The predicted octanol–water partition coefficient (Wildman–Crippen LogP) is 11.4. The molecule has 0 aromatic heterocycles. The first kappa shape index (κ1) is 40.8. The maximum atomic E-state index is 7.33. The van der Waals surface area contributed by atoms with Gasteiger partial charge in [-0.15, -0.1) is 0 Å². The number of hydrogen-bond donors (Lipinski definition) is 0. The third-order valence-electron chi connectivity index (χ3n) is 12.3. The first-order chi connectivity index (χ1) is 29.7. The van der Waals surface area contributed by atoms with E-state index >= 15 is 0 Å². The molecule has 2 aliphatic heterocycles. The maximum absolute atomic E-state index is 7.33. The summed E-state index contributed by atoms with van der Waals surface area (Å²) in [6.07, 6.45) is 0.0555. The highest BCUT2D eigenvalue weighted by atomic mass is 16.8. The second kappa shape index (κ2) is 16.7. The van der Waals surface area contributed by atoms with E-state index in [0.29, 0.717) is 6.42 Å². The van der Waals surface area contributed by atoms with Crippen molar-refractivity contribution in [3.05, 3.63) is 251 Å². The van der Waals surface area contributed by atoms with Crippen LogP contribution >= 0.6 is 0 Å². The molecule has 7 aromatic rings. The Hall–Kier alpha value is -5.57. The Balaban J connectivity index is 1.05. The summed E-state index contributed by atoms with van der Waals surface area (Å²) >= 11 is 0. The highest BCUT2D eigenvalue weighted by molar-refractivity contribution is 6.38. The summed E-state index contributed by atoms with van der Waals surface area (Å²) < 4.78 is 42.6. The molecule has 2 saturated heterocycles. The maximum Gasteiger partial charge on any atom is 0.641 e. The van der Waals surface area contributed by atoms with Gasteiger partial charge in [0, 0.05) is 6.10 Å². The second-order valence-electron chi connectivity index (χ2n) is 16.7. The SMILES string of the molecule is CC(CC(C)(C)OB1OC(C)(c2ccccc2)C(c2ccccc2)(c2ccccc2)O1)OB1OC(c2ccccc2)(c2ccccc2)C(c2ccccc2)(c2ccccc2)O1. The van der Waals surface area contributed by atoms with Crippen LogP contribution in [0.3, 0.4) is 0 Å². The second-order valence-corrected chi connectivity index (χ2v) is 16.7. The number of benzene rings is 7. The van der Waals surface area contributed by atoms with Crippen molar-refractivity contribution in [3.8, 4) is 0 Å². The molecule has 0 radical (unpaired) electrons. The van der Waals surface area contributed by atoms with Gasteiger partial charge in [-0.05, 0) is 73.1 Å². The van der Waals surface area contributed by atoms with Crippen LogP contribution in [0.1, 0.15) is 73.1 Å². The van der Waals surface area contributed by atoms with Crippen LogP contribution in [0, 0.1) is 0 Å². The van der Waals surface area contributed by atoms with Crippen LogP contribution in [0.5, 0.6) is 0 Å². The standard InChI is InChI=1S/C53H50B2O6/c1-41(40-49(2,3)57-55-58-50(4,42-26-12-5-13-27-42)51(59-55,43-28-14-6-15-29-43)44-30-16-7-17-31-44)56-54-60-52(45-32-18-8-19-33-45,46-34-20-9-21-35-46)53(61-54,47-36-22-10-23-37-47)48-38-24-11-25-39-48/h5-39,41H,40H2,1-4H3. The minimum absolute atomic E-state index is 0.401. The van der Waals surface area contributed by atoms with E-state index in [1.165, 1.54) is 0 Å². The molecule has 0 saturated carbocycles. The summed E-state index contributed by atoms with van der Waals surface area (Å²) in [6.45, 7) is 8.20. The molecule has 2 unspecified atom stereocenters. The lowest BCUT2D eigenvalue weighted by atomic mass is 9.66. The zero-order chi connectivity index (χ0) is 42.0. The van der Waals surface area contributed by atoms with Gasteiger partial charge in [0.15, 0.2) is 0 Å². The molecular formula is C53H50B2O6. The monoisotopic (exact) mass is 804 g/mol. The van der Waals surface area contributed by atoms with E-state index in [1.807, 2.05) is 148 Å². The van der Waals surface area contributed by atoms with Crippen molar-refractivity contribution in [2.24, 2.45) is 0 Å². The van der Waals surface area contributed by atoms with E-state index in [1.54, 1.807) is 0 Å². The molecule has 2 fully saturated rings. The predicted molar refractivity (Wildman–Crippen MR) is 241 cm³/mol. The first-order valence-electron chi connectivity index (χ1n) is 21.1. The molecule has 304 valence electrons. The molecular weight excluding hydrogens is 754 g/mol. The molecule has 2 heterocycles. The van der Waals surface area contributed by atoms with Crippen molar-refractivity contribution in [3.63, 3.8) is 0 Å². The van der Waals surface area contributed by atoms with E-state index in [4.69, 9.17) is 27.9 Å². The normalized spacial score (nSPS) is 19.7. The molecule has 0 amide bonds. The van der Waals surface area contributed by atoms with Crippen molar-refractivity contribution in [1.82, 2.24) is 0 Å². The molecule has 2 aliphatic rings. The van der Waals surface area contributed by atoms with Crippen molar-refractivity contribution in [1.29, 1.82) is 0 Å². The van der Waals surface area contributed by atoms with E-state index in [0.717, 1.165) is 38.9 Å². The lowest BCUT2D eigenvalue weighted by Gasteiger charge is -2.45. The molecule has 9 rings (SSSR count). The van der Waals surface area contributed by atoms with Gasteiger partial charge in [0.25, 0.3) is 0 Å². The average Bonchev–Trinajstić information content (AvgIpc) is 3.81.